The summed E-state index contributed by atoms with van der Waals surface area (Å²) < 4.78 is 37.7. The van der Waals surface area contributed by atoms with Gasteiger partial charge in [0.1, 0.15) is 29.7 Å². The number of phenolic OH excluding ortho intramolecular Hbond substituents is 1. The van der Waals surface area contributed by atoms with Crippen LogP contribution in [0.3, 0.4) is 0 Å². The van der Waals surface area contributed by atoms with Crippen molar-refractivity contribution in [1.29, 1.82) is 0 Å². The predicted molar refractivity (Wildman–Crippen MR) is 138 cm³/mol. The standard InChI is InChI=1S/C29H24F2N4O2/c1-4-18-20(30)7-5-15-9-17(36)10-19(24(15)18)27-26(31)23-13(2)14(3)32-28-25(23)29(34-27)37-12-22-21-8-6-16(33-21)11-35(22)28/h1,5,7,9-10,16,21-22,33,36H,6,8,11-12H2,2-3H3. The minimum absolute atomic E-state index is 0.0110. The minimum atomic E-state index is -0.601. The molecule has 2 fully saturated rings. The average Bonchev–Trinajstić information content (AvgIpc) is 3.20. The Morgan fingerprint density at radius 2 is 1.97 bits per heavy atom. The van der Waals surface area contributed by atoms with Crippen LogP contribution in [-0.4, -0.2) is 46.4 Å². The van der Waals surface area contributed by atoms with Crippen LogP contribution in [0.25, 0.3) is 32.8 Å². The largest absolute Gasteiger partial charge is 0.508 e. The molecule has 0 radical (unpaired) electrons. The van der Waals surface area contributed by atoms with Gasteiger partial charge >= 0.3 is 0 Å². The number of fused-ring (bicyclic) bond motifs is 6. The van der Waals surface area contributed by atoms with E-state index in [1.807, 2.05) is 13.8 Å². The fraction of sp³-hybridized carbons (Fsp3) is 0.310. The lowest BCUT2D eigenvalue weighted by Gasteiger charge is -2.40. The molecule has 4 aromatic rings. The van der Waals surface area contributed by atoms with Gasteiger partial charge in [0, 0.05) is 40.7 Å². The van der Waals surface area contributed by atoms with Gasteiger partial charge in [0.2, 0.25) is 5.88 Å². The van der Waals surface area contributed by atoms with E-state index in [1.54, 1.807) is 0 Å². The third-order valence-corrected chi connectivity index (χ3v) is 8.19. The highest BCUT2D eigenvalue weighted by Gasteiger charge is 2.44. The summed E-state index contributed by atoms with van der Waals surface area (Å²) in [6.07, 6.45) is 7.80. The van der Waals surface area contributed by atoms with E-state index in [4.69, 9.17) is 16.1 Å². The molecular weight excluding hydrogens is 474 g/mol. The Labute approximate surface area is 212 Å². The Morgan fingerprint density at radius 3 is 2.78 bits per heavy atom. The molecule has 2 bridgehead atoms. The average molecular weight is 499 g/mol. The van der Waals surface area contributed by atoms with E-state index in [0.29, 0.717) is 51.3 Å². The molecule has 8 heteroatoms. The highest BCUT2D eigenvalue weighted by molar-refractivity contribution is 6.06. The lowest BCUT2D eigenvalue weighted by atomic mass is 9.94. The Kier molecular flexibility index (Phi) is 4.67. The zero-order chi connectivity index (χ0) is 25.6. The molecule has 0 aliphatic carbocycles. The first-order chi connectivity index (χ1) is 17.9. The van der Waals surface area contributed by atoms with Crippen molar-refractivity contribution >= 4 is 27.4 Å². The van der Waals surface area contributed by atoms with Gasteiger partial charge in [-0.1, -0.05) is 12.0 Å². The number of benzene rings is 2. The first-order valence-corrected chi connectivity index (χ1v) is 12.4. The SMILES string of the molecule is C#Cc1c(F)ccc2cc(O)cc(-c3nc4c5c(nc(C)c(C)c5c3F)N3CC5CCC(N5)C3CO4)c12. The number of halogens is 2. The van der Waals surface area contributed by atoms with Crippen molar-refractivity contribution in [3.8, 4) is 35.2 Å². The fourth-order valence-electron chi connectivity index (χ4n) is 6.33. The van der Waals surface area contributed by atoms with Gasteiger partial charge in [0.15, 0.2) is 5.82 Å². The van der Waals surface area contributed by atoms with Crippen molar-refractivity contribution < 1.29 is 18.6 Å². The van der Waals surface area contributed by atoms with Crippen molar-refractivity contribution in [2.24, 2.45) is 0 Å². The second-order valence-electron chi connectivity index (χ2n) is 10.2. The number of phenols is 1. The maximum Gasteiger partial charge on any atom is 0.226 e. The van der Waals surface area contributed by atoms with Crippen LogP contribution in [-0.2, 0) is 0 Å². The van der Waals surface area contributed by atoms with Crippen LogP contribution in [0.4, 0.5) is 14.6 Å². The van der Waals surface area contributed by atoms with E-state index in [1.165, 1.54) is 24.3 Å². The van der Waals surface area contributed by atoms with Gasteiger partial charge in [0.25, 0.3) is 0 Å². The highest BCUT2D eigenvalue weighted by Crippen LogP contribution is 2.45. The molecule has 3 aliphatic heterocycles. The van der Waals surface area contributed by atoms with Crippen molar-refractivity contribution in [1.82, 2.24) is 15.3 Å². The van der Waals surface area contributed by atoms with Crippen molar-refractivity contribution in [3.63, 3.8) is 0 Å². The quantitative estimate of drug-likeness (QED) is 0.370. The van der Waals surface area contributed by atoms with Crippen molar-refractivity contribution in [2.45, 2.75) is 44.8 Å². The molecule has 0 saturated carbocycles. The summed E-state index contributed by atoms with van der Waals surface area (Å²) in [5.41, 5.74) is 1.54. The van der Waals surface area contributed by atoms with Gasteiger partial charge in [-0.25, -0.2) is 18.7 Å². The molecule has 3 atom stereocenters. The molecule has 3 unspecified atom stereocenters. The third kappa shape index (κ3) is 3.07. The van der Waals surface area contributed by atoms with Crippen LogP contribution in [0.5, 0.6) is 11.6 Å². The number of hydrogen-bond acceptors (Lipinski definition) is 6. The van der Waals surface area contributed by atoms with E-state index in [9.17, 15) is 9.50 Å². The normalized spacial score (nSPS) is 22.0. The number of aromatic hydroxyl groups is 1. The van der Waals surface area contributed by atoms with E-state index < -0.39 is 11.6 Å². The predicted octanol–water partition coefficient (Wildman–Crippen LogP) is 4.73. The summed E-state index contributed by atoms with van der Waals surface area (Å²) in [6.45, 7) is 4.84. The molecule has 2 aromatic carbocycles. The van der Waals surface area contributed by atoms with Crippen LogP contribution in [0.15, 0.2) is 24.3 Å². The number of nitrogens with one attached hydrogen (secondary N) is 1. The van der Waals surface area contributed by atoms with Crippen molar-refractivity contribution in [3.05, 3.63) is 52.7 Å². The minimum Gasteiger partial charge on any atom is -0.508 e. The van der Waals surface area contributed by atoms with Gasteiger partial charge in [-0.15, -0.1) is 6.42 Å². The zero-order valence-corrected chi connectivity index (χ0v) is 20.4. The summed E-state index contributed by atoms with van der Waals surface area (Å²) >= 11 is 0. The number of nitrogens with zero attached hydrogens (tertiary/aromatic N) is 3. The van der Waals surface area contributed by atoms with Gasteiger partial charge < -0.3 is 20.1 Å². The first kappa shape index (κ1) is 22.3. The van der Waals surface area contributed by atoms with Crippen LogP contribution in [0, 0.1) is 37.8 Å². The third-order valence-electron chi connectivity index (χ3n) is 8.19. The van der Waals surface area contributed by atoms with E-state index in [0.717, 1.165) is 19.4 Å². The lowest BCUT2D eigenvalue weighted by molar-refractivity contribution is 0.238. The molecule has 2 N–H and O–H groups in total. The number of aromatic nitrogens is 2. The van der Waals surface area contributed by atoms with Gasteiger partial charge in [0.05, 0.1) is 17.0 Å². The topological polar surface area (TPSA) is 70.5 Å². The summed E-state index contributed by atoms with van der Waals surface area (Å²) in [4.78, 5) is 11.8. The first-order valence-electron chi connectivity index (χ1n) is 12.4. The number of anilines is 1. The molecule has 2 saturated heterocycles. The van der Waals surface area contributed by atoms with Gasteiger partial charge in [-0.05, 0) is 55.8 Å². The number of pyridine rings is 2. The molecule has 6 nitrogen and oxygen atoms in total. The van der Waals surface area contributed by atoms with Gasteiger partial charge in [-0.2, -0.15) is 0 Å². The van der Waals surface area contributed by atoms with E-state index in [2.05, 4.69) is 21.1 Å². The molecule has 3 aliphatic rings. The van der Waals surface area contributed by atoms with Gasteiger partial charge in [-0.3, -0.25) is 0 Å². The molecular formula is C29H24F2N4O2. The number of hydrogen-bond donors (Lipinski definition) is 2. The number of rotatable bonds is 1. The summed E-state index contributed by atoms with van der Waals surface area (Å²) in [5.74, 6) is 2.06. The maximum absolute atomic E-state index is 16.6. The summed E-state index contributed by atoms with van der Waals surface area (Å²) in [7, 11) is 0. The Balaban J connectivity index is 1.57. The molecule has 0 amide bonds. The summed E-state index contributed by atoms with van der Waals surface area (Å²) in [5, 5.41) is 15.9. The molecule has 0 spiro atoms. The Morgan fingerprint density at radius 1 is 1.14 bits per heavy atom. The van der Waals surface area contributed by atoms with E-state index >= 15 is 4.39 Å². The number of ether oxygens (including phenoxy) is 1. The van der Waals surface area contributed by atoms with Crippen LogP contribution >= 0.6 is 0 Å². The molecule has 7 rings (SSSR count). The fourth-order valence-corrected chi connectivity index (χ4v) is 6.33. The smallest absolute Gasteiger partial charge is 0.226 e. The molecule has 37 heavy (non-hydrogen) atoms. The van der Waals surface area contributed by atoms with Crippen LogP contribution in [0.2, 0.25) is 0 Å². The van der Waals surface area contributed by atoms with Crippen LogP contribution in [0.1, 0.15) is 29.7 Å². The second-order valence-corrected chi connectivity index (χ2v) is 10.2. The highest BCUT2D eigenvalue weighted by atomic mass is 19.1. The maximum atomic E-state index is 16.6. The lowest BCUT2D eigenvalue weighted by Crippen LogP contribution is -2.60. The number of piperazine rings is 1. The zero-order valence-electron chi connectivity index (χ0n) is 20.4. The number of aryl methyl sites for hydroxylation is 2. The molecule has 186 valence electrons. The van der Waals surface area contributed by atoms with Crippen LogP contribution < -0.4 is 15.0 Å². The second kappa shape index (κ2) is 7.77. The Hall–Kier alpha value is -3.96. The van der Waals surface area contributed by atoms with Crippen molar-refractivity contribution in [2.75, 3.05) is 18.1 Å². The van der Waals surface area contributed by atoms with E-state index in [-0.39, 0.29) is 40.5 Å². The molecule has 2 aromatic heterocycles. The summed E-state index contributed by atoms with van der Waals surface area (Å²) in [6, 6.07) is 6.25. The Bertz CT molecular complexity index is 1700. The number of terminal acetylenes is 1. The molecule has 5 heterocycles. The monoisotopic (exact) mass is 498 g/mol.